The molecule has 4 rings (SSSR count). The maximum Gasteiger partial charge on any atom is 0.0543 e. The van der Waals surface area contributed by atoms with Crippen LogP contribution in [0.5, 0.6) is 0 Å². The molecule has 0 aromatic carbocycles. The van der Waals surface area contributed by atoms with Crippen molar-refractivity contribution < 1.29 is 5.11 Å². The van der Waals surface area contributed by atoms with Gasteiger partial charge >= 0.3 is 0 Å². The van der Waals surface area contributed by atoms with Crippen molar-refractivity contribution in [1.82, 2.24) is 0 Å². The first kappa shape index (κ1) is 16.4. The van der Waals surface area contributed by atoms with Gasteiger partial charge in [0, 0.05) is 0 Å². The highest BCUT2D eigenvalue weighted by atomic mass is 16.3. The first-order valence-electron chi connectivity index (χ1n) is 10.6. The van der Waals surface area contributed by atoms with Crippen LogP contribution < -0.4 is 0 Å². The van der Waals surface area contributed by atoms with Gasteiger partial charge in [0.15, 0.2) is 0 Å². The van der Waals surface area contributed by atoms with Gasteiger partial charge in [-0.05, 0) is 104 Å². The van der Waals surface area contributed by atoms with Gasteiger partial charge in [0.2, 0.25) is 0 Å². The zero-order chi connectivity index (χ0) is 16.4. The van der Waals surface area contributed by atoms with Gasteiger partial charge in [-0.15, -0.1) is 0 Å². The van der Waals surface area contributed by atoms with Crippen LogP contribution in [0.25, 0.3) is 0 Å². The summed E-state index contributed by atoms with van der Waals surface area (Å²) in [4.78, 5) is 0. The molecular formula is C22H38O. The molecule has 0 aromatic rings. The largest absolute Gasteiger partial charge is 0.393 e. The van der Waals surface area contributed by atoms with Crippen molar-refractivity contribution in [2.24, 2.45) is 46.3 Å². The Morgan fingerprint density at radius 2 is 1.70 bits per heavy atom. The second-order valence-electron chi connectivity index (χ2n) is 10.2. The van der Waals surface area contributed by atoms with E-state index in [-0.39, 0.29) is 6.10 Å². The van der Waals surface area contributed by atoms with E-state index < -0.39 is 0 Å². The third-order valence-corrected chi connectivity index (χ3v) is 9.89. The summed E-state index contributed by atoms with van der Waals surface area (Å²) in [5, 5.41) is 10.2. The van der Waals surface area contributed by atoms with E-state index in [4.69, 9.17) is 0 Å². The summed E-state index contributed by atoms with van der Waals surface area (Å²) in [7, 11) is 0. The summed E-state index contributed by atoms with van der Waals surface area (Å²) in [6, 6.07) is 0. The lowest BCUT2D eigenvalue weighted by Gasteiger charge is -2.63. The molecule has 0 aromatic heterocycles. The summed E-state index contributed by atoms with van der Waals surface area (Å²) < 4.78 is 0. The molecule has 0 radical (unpaired) electrons. The Morgan fingerprint density at radius 1 is 0.913 bits per heavy atom. The number of rotatable bonds is 1. The minimum atomic E-state index is -0.00752. The first-order valence-corrected chi connectivity index (χ1v) is 10.6. The van der Waals surface area contributed by atoms with Gasteiger partial charge in [-0.25, -0.2) is 0 Å². The van der Waals surface area contributed by atoms with Gasteiger partial charge in [-0.1, -0.05) is 27.7 Å². The van der Waals surface area contributed by atoms with Gasteiger partial charge in [0.25, 0.3) is 0 Å². The third-order valence-electron chi connectivity index (χ3n) is 9.89. The topological polar surface area (TPSA) is 20.2 Å². The molecule has 9 atom stereocenters. The Balaban J connectivity index is 1.68. The van der Waals surface area contributed by atoms with Crippen LogP contribution in [0.15, 0.2) is 0 Å². The highest BCUT2D eigenvalue weighted by Gasteiger charge is 2.62. The Hall–Kier alpha value is -0.0400. The average molecular weight is 319 g/mol. The Morgan fingerprint density at radius 3 is 2.43 bits per heavy atom. The molecule has 1 N–H and O–H groups in total. The molecule has 0 saturated heterocycles. The lowest BCUT2D eigenvalue weighted by molar-refractivity contribution is -0.150. The van der Waals surface area contributed by atoms with Crippen molar-refractivity contribution in [1.29, 1.82) is 0 Å². The number of hydrogen-bond acceptors (Lipinski definition) is 1. The van der Waals surface area contributed by atoms with Crippen LogP contribution in [-0.2, 0) is 0 Å². The van der Waals surface area contributed by atoms with Crippen molar-refractivity contribution in [2.45, 2.75) is 91.6 Å². The monoisotopic (exact) mass is 318 g/mol. The molecule has 0 spiro atoms. The molecule has 0 aliphatic heterocycles. The van der Waals surface area contributed by atoms with Crippen LogP contribution in [-0.4, -0.2) is 11.2 Å². The van der Waals surface area contributed by atoms with E-state index in [1.165, 1.54) is 44.9 Å². The number of hydrogen-bond donors (Lipinski definition) is 1. The zero-order valence-electron chi connectivity index (χ0n) is 15.9. The van der Waals surface area contributed by atoms with Gasteiger partial charge in [-0.3, -0.25) is 0 Å². The molecule has 4 fully saturated rings. The zero-order valence-corrected chi connectivity index (χ0v) is 15.9. The first-order chi connectivity index (χ1) is 10.9. The predicted octanol–water partition coefficient (Wildman–Crippen LogP) is 5.66. The van der Waals surface area contributed by atoms with E-state index in [0.29, 0.717) is 10.8 Å². The van der Waals surface area contributed by atoms with Gasteiger partial charge < -0.3 is 5.11 Å². The van der Waals surface area contributed by atoms with Crippen LogP contribution in [0.4, 0.5) is 0 Å². The normalized spacial score (nSPS) is 59.1. The Bertz CT molecular complexity index is 459. The molecule has 1 nitrogen and oxygen atoms in total. The summed E-state index contributed by atoms with van der Waals surface area (Å²) in [5.41, 5.74) is 1.18. The molecular weight excluding hydrogens is 280 g/mol. The number of aliphatic hydroxyl groups is 1. The molecule has 23 heavy (non-hydrogen) atoms. The summed E-state index contributed by atoms with van der Waals surface area (Å²) in [6.45, 7) is 10.3. The molecule has 0 heterocycles. The highest BCUT2D eigenvalue weighted by Crippen LogP contribution is 2.69. The predicted molar refractivity (Wildman–Crippen MR) is 96.1 cm³/mol. The van der Waals surface area contributed by atoms with Crippen LogP contribution in [0.1, 0.15) is 85.5 Å². The molecule has 4 aliphatic carbocycles. The van der Waals surface area contributed by atoms with Crippen molar-refractivity contribution in [3.63, 3.8) is 0 Å². The van der Waals surface area contributed by atoms with E-state index >= 15 is 0 Å². The van der Waals surface area contributed by atoms with E-state index in [2.05, 4.69) is 27.7 Å². The molecule has 4 aliphatic rings. The van der Waals surface area contributed by atoms with Crippen molar-refractivity contribution in [3.05, 3.63) is 0 Å². The van der Waals surface area contributed by atoms with Crippen LogP contribution >= 0.6 is 0 Å². The van der Waals surface area contributed by atoms with E-state index in [1.807, 2.05) is 0 Å². The van der Waals surface area contributed by atoms with Crippen LogP contribution in [0, 0.1) is 46.3 Å². The molecule has 132 valence electrons. The fraction of sp³-hybridized carbons (Fsp3) is 1.00. The minimum Gasteiger partial charge on any atom is -0.393 e. The quantitative estimate of drug-likeness (QED) is 0.661. The molecule has 4 saturated carbocycles. The van der Waals surface area contributed by atoms with Crippen molar-refractivity contribution in [3.8, 4) is 0 Å². The lowest BCUT2D eigenvalue weighted by Crippen LogP contribution is -2.56. The molecule has 9 unspecified atom stereocenters. The highest BCUT2D eigenvalue weighted by molar-refractivity contribution is 5.11. The number of aliphatic hydroxyl groups excluding tert-OH is 1. The van der Waals surface area contributed by atoms with E-state index in [9.17, 15) is 5.11 Å². The van der Waals surface area contributed by atoms with Gasteiger partial charge in [0.05, 0.1) is 6.10 Å². The van der Waals surface area contributed by atoms with Crippen LogP contribution in [0.3, 0.4) is 0 Å². The molecule has 0 bridgehead atoms. The summed E-state index contributed by atoms with van der Waals surface area (Å²) in [5.74, 6) is 5.57. The van der Waals surface area contributed by atoms with Gasteiger partial charge in [0.1, 0.15) is 0 Å². The van der Waals surface area contributed by atoms with E-state index in [1.54, 1.807) is 0 Å². The lowest BCUT2D eigenvalue weighted by atomic mass is 9.42. The maximum absolute atomic E-state index is 10.2. The third kappa shape index (κ3) is 2.07. The standard InChI is InChI=1S/C22H38O/c1-5-22-14(2)6-9-19(22)18-8-7-16-13-17(23)10-11-21(16,4)20(18)12-15(22)3/h14-20,23H,5-13H2,1-4H3. The molecule has 0 amide bonds. The average Bonchev–Trinajstić information content (AvgIpc) is 2.87. The van der Waals surface area contributed by atoms with Gasteiger partial charge in [-0.2, -0.15) is 0 Å². The second kappa shape index (κ2) is 5.48. The summed E-state index contributed by atoms with van der Waals surface area (Å²) in [6.07, 6.45) is 12.1. The second-order valence-corrected chi connectivity index (χ2v) is 10.2. The molecule has 1 heteroatoms. The van der Waals surface area contributed by atoms with E-state index in [0.717, 1.165) is 48.3 Å². The van der Waals surface area contributed by atoms with Crippen LogP contribution in [0.2, 0.25) is 0 Å². The SMILES string of the molecule is CCC12C(C)CCC1C1CCC3CC(O)CCC3(C)C1CC2C. The van der Waals surface area contributed by atoms with Crippen molar-refractivity contribution >= 4 is 0 Å². The fourth-order valence-corrected chi connectivity index (χ4v) is 8.70. The number of fused-ring (bicyclic) bond motifs is 5. The Kier molecular flexibility index (Phi) is 3.91. The fourth-order valence-electron chi connectivity index (χ4n) is 8.70. The summed E-state index contributed by atoms with van der Waals surface area (Å²) >= 11 is 0. The minimum absolute atomic E-state index is 0.00752. The smallest absolute Gasteiger partial charge is 0.0543 e. The van der Waals surface area contributed by atoms with Crippen molar-refractivity contribution in [2.75, 3.05) is 0 Å². The Labute approximate surface area is 143 Å². The maximum atomic E-state index is 10.2.